The third-order valence-electron chi connectivity index (χ3n) is 13.7. The summed E-state index contributed by atoms with van der Waals surface area (Å²) in [7, 11) is 0. The van der Waals surface area contributed by atoms with Crippen LogP contribution < -0.4 is 61.9 Å². The van der Waals surface area contributed by atoms with Gasteiger partial charge in [0.25, 0.3) is 13.4 Å². The summed E-state index contributed by atoms with van der Waals surface area (Å²) in [4.78, 5) is 9.75. The summed E-state index contributed by atoms with van der Waals surface area (Å²) < 4.78 is 15.2. The van der Waals surface area contributed by atoms with E-state index in [9.17, 15) is 0 Å². The first kappa shape index (κ1) is 32.7. The molecule has 6 heterocycles. The number of fused-ring (bicyclic) bond motifs is 2. The van der Waals surface area contributed by atoms with Gasteiger partial charge in [-0.1, -0.05) is 97.1 Å². The molecule has 0 atom stereocenters. The number of nitrogens with zero attached hydrogens (tertiary/aromatic N) is 4. The second-order valence-electron chi connectivity index (χ2n) is 16.7. The van der Waals surface area contributed by atoms with E-state index in [1.807, 2.05) is 0 Å². The van der Waals surface area contributed by atoms with Gasteiger partial charge in [-0.05, 0) is 119 Å². The summed E-state index contributed by atoms with van der Waals surface area (Å²) >= 11 is 0. The van der Waals surface area contributed by atoms with Crippen molar-refractivity contribution in [1.29, 1.82) is 0 Å². The van der Waals surface area contributed by atoms with Gasteiger partial charge in [-0.2, -0.15) is 0 Å². The summed E-state index contributed by atoms with van der Waals surface area (Å²) in [6, 6.07) is 69.8. The van der Waals surface area contributed by atoms with Gasteiger partial charge in [-0.3, -0.25) is 0 Å². The van der Waals surface area contributed by atoms with E-state index in [1.54, 1.807) is 0 Å². The molecule has 0 saturated heterocycles. The van der Waals surface area contributed by atoms with Crippen molar-refractivity contribution in [2.45, 2.75) is 0 Å². The lowest BCUT2D eigenvalue weighted by atomic mass is 9.29. The molecular weight excluding hydrogens is 758 g/mol. The van der Waals surface area contributed by atoms with E-state index >= 15 is 0 Å². The second kappa shape index (κ2) is 11.8. The van der Waals surface area contributed by atoms with E-state index < -0.39 is 0 Å². The minimum absolute atomic E-state index is 0.130. The molecule has 15 rings (SSSR count). The summed E-state index contributed by atoms with van der Waals surface area (Å²) in [6.45, 7) is -0.261. The van der Waals surface area contributed by atoms with E-state index in [0.29, 0.717) is 0 Å². The third-order valence-corrected chi connectivity index (χ3v) is 13.7. The van der Waals surface area contributed by atoms with Gasteiger partial charge >= 0.3 is 0 Å². The first-order chi connectivity index (χ1) is 30.8. The molecule has 6 nitrogen and oxygen atoms in total. The zero-order valence-electron chi connectivity index (χ0n) is 33.2. The Balaban J connectivity index is 1.12. The maximum atomic E-state index is 7.62. The van der Waals surface area contributed by atoms with Gasteiger partial charge in [-0.15, -0.1) is 0 Å². The smallest absolute Gasteiger partial charge is 0.262 e. The molecule has 0 spiro atoms. The highest BCUT2D eigenvalue weighted by molar-refractivity contribution is 7.04. The van der Waals surface area contributed by atoms with Gasteiger partial charge in [0, 0.05) is 67.8 Å². The van der Waals surface area contributed by atoms with Crippen LogP contribution >= 0.6 is 0 Å². The summed E-state index contributed by atoms with van der Waals surface area (Å²) in [5, 5.41) is 0. The fraction of sp³-hybridized carbons (Fsp3) is 0. The second-order valence-corrected chi connectivity index (χ2v) is 16.7. The van der Waals surface area contributed by atoms with E-state index in [2.05, 4.69) is 214 Å². The minimum Gasteiger partial charge on any atom is -0.456 e. The lowest BCUT2D eigenvalue weighted by Crippen LogP contribution is -2.67. The molecule has 0 N–H and O–H groups in total. The van der Waals surface area contributed by atoms with Crippen LogP contribution in [0.5, 0.6) is 23.0 Å². The van der Waals surface area contributed by atoms with Crippen LogP contribution in [0.3, 0.4) is 0 Å². The van der Waals surface area contributed by atoms with Crippen LogP contribution in [-0.4, -0.2) is 13.4 Å². The zero-order chi connectivity index (χ0) is 40.2. The lowest BCUT2D eigenvalue weighted by molar-refractivity contribution is 0.477. The molecule has 6 aliphatic heterocycles. The zero-order valence-corrected chi connectivity index (χ0v) is 33.2. The molecule has 62 heavy (non-hydrogen) atoms. The van der Waals surface area contributed by atoms with Crippen LogP contribution in [0.1, 0.15) is 0 Å². The Morgan fingerprint density at radius 2 is 0.548 bits per heavy atom. The number of rotatable bonds is 4. The van der Waals surface area contributed by atoms with Crippen molar-refractivity contribution in [2.24, 2.45) is 0 Å². The number of ether oxygens (including phenoxy) is 2. The van der Waals surface area contributed by atoms with Gasteiger partial charge in [0.1, 0.15) is 23.0 Å². The molecule has 0 aliphatic carbocycles. The Hall–Kier alpha value is -8.09. The molecule has 286 valence electrons. The largest absolute Gasteiger partial charge is 0.456 e. The molecule has 9 aromatic carbocycles. The van der Waals surface area contributed by atoms with Crippen molar-refractivity contribution >= 4 is 114 Å². The number of hydrogen-bond donors (Lipinski definition) is 0. The quantitative estimate of drug-likeness (QED) is 0.165. The maximum Gasteiger partial charge on any atom is 0.262 e. The molecule has 0 fully saturated rings. The molecule has 8 heteroatoms. The lowest BCUT2D eigenvalue weighted by Gasteiger charge is -2.51. The number of para-hydroxylation sites is 4. The molecule has 0 radical (unpaired) electrons. The minimum atomic E-state index is -0.130. The van der Waals surface area contributed by atoms with Crippen molar-refractivity contribution < 1.29 is 9.47 Å². The van der Waals surface area contributed by atoms with E-state index in [1.165, 1.54) is 21.9 Å². The Kier molecular flexibility index (Phi) is 6.23. The summed E-state index contributed by atoms with van der Waals surface area (Å²) in [5.74, 6) is 3.50. The van der Waals surface area contributed by atoms with Crippen LogP contribution in [0.4, 0.5) is 68.2 Å². The topological polar surface area (TPSA) is 31.4 Å². The highest BCUT2D eigenvalue weighted by atomic mass is 16.5. The Morgan fingerprint density at radius 3 is 0.903 bits per heavy atom. The summed E-state index contributed by atoms with van der Waals surface area (Å²) in [6.07, 6.45) is 0. The van der Waals surface area contributed by atoms with Gasteiger partial charge in [0.15, 0.2) is 0 Å². The van der Waals surface area contributed by atoms with Crippen molar-refractivity contribution in [3.63, 3.8) is 0 Å². The Bertz CT molecular complexity index is 3180. The van der Waals surface area contributed by atoms with Gasteiger partial charge in [-0.25, -0.2) is 0 Å². The van der Waals surface area contributed by atoms with Crippen molar-refractivity contribution in [1.82, 2.24) is 0 Å². The highest BCUT2D eigenvalue weighted by Gasteiger charge is 2.56. The predicted molar refractivity (Wildman–Crippen MR) is 255 cm³/mol. The molecule has 0 unspecified atom stereocenters. The average Bonchev–Trinajstić information content (AvgIpc) is 3.34. The highest BCUT2D eigenvalue weighted by Crippen LogP contribution is 2.57. The van der Waals surface area contributed by atoms with Crippen molar-refractivity contribution in [3.05, 3.63) is 194 Å². The first-order valence-corrected chi connectivity index (χ1v) is 21.4. The maximum absolute atomic E-state index is 7.62. The van der Waals surface area contributed by atoms with Crippen LogP contribution in [0.15, 0.2) is 194 Å². The number of benzene rings is 9. The predicted octanol–water partition coefficient (Wildman–Crippen LogP) is 10.1. The standard InChI is InChI=1S/C54H32B2N4O2/c1-5-17-33(18-6-1)57-37-25-13-27-39-45(37)55-47-41(57)29-15-31-43(47)61-53-49(55)51(59(39)35-21-9-3-10-22-35)54-50-52(53)60(36-23-11-4-12-24-36)40-28-14-26-38-46(40)56(50)48-42(30-16-32-44(48)62-54)58(38)34-19-7-2-8-20-34/h1-32H. The van der Waals surface area contributed by atoms with Crippen molar-refractivity contribution in [3.8, 4) is 23.0 Å². The van der Waals surface area contributed by atoms with Crippen LogP contribution in [0.2, 0.25) is 0 Å². The van der Waals surface area contributed by atoms with E-state index in [4.69, 9.17) is 9.47 Å². The first-order valence-electron chi connectivity index (χ1n) is 21.4. The Morgan fingerprint density at radius 1 is 0.258 bits per heavy atom. The molecule has 6 aliphatic rings. The molecule has 9 aromatic rings. The third kappa shape index (κ3) is 3.98. The number of hydrogen-bond acceptors (Lipinski definition) is 6. The molecule has 0 bridgehead atoms. The van der Waals surface area contributed by atoms with Gasteiger partial charge in [0.05, 0.1) is 11.4 Å². The van der Waals surface area contributed by atoms with E-state index in [-0.39, 0.29) is 13.4 Å². The van der Waals surface area contributed by atoms with Crippen LogP contribution in [0.25, 0.3) is 0 Å². The van der Waals surface area contributed by atoms with Gasteiger partial charge < -0.3 is 29.1 Å². The fourth-order valence-electron chi connectivity index (χ4n) is 11.6. The van der Waals surface area contributed by atoms with E-state index in [0.717, 1.165) is 102 Å². The van der Waals surface area contributed by atoms with Crippen molar-refractivity contribution in [2.75, 3.05) is 19.6 Å². The molecule has 0 aromatic heterocycles. The normalized spacial score (nSPS) is 14.5. The van der Waals surface area contributed by atoms with Crippen LogP contribution in [-0.2, 0) is 0 Å². The molecular formula is C54H32B2N4O2. The molecule has 0 amide bonds. The Labute approximate surface area is 359 Å². The SMILES string of the molecule is c1ccc(N2c3cccc4c3B3c5c2cccc5N(c2ccccc2)c2c5c6c(c(c23)O4)N(c2ccccc2)c2cccc3c2B6c2c(cccc2N3c2ccccc2)O5)cc1. The van der Waals surface area contributed by atoms with Gasteiger partial charge in [0.2, 0.25) is 0 Å². The number of anilines is 12. The van der Waals surface area contributed by atoms with Crippen LogP contribution in [0, 0.1) is 0 Å². The average molecular weight is 791 g/mol. The summed E-state index contributed by atoms with van der Waals surface area (Å²) in [5.41, 5.74) is 20.3. The fourth-order valence-corrected chi connectivity index (χ4v) is 11.6. The monoisotopic (exact) mass is 790 g/mol. The molecule has 0 saturated carbocycles.